The Hall–Kier alpha value is -2.37. The zero-order valence-electron chi connectivity index (χ0n) is 12.6. The molecule has 3 rings (SSSR count). The Morgan fingerprint density at radius 3 is 2.17 bits per heavy atom. The molecule has 2 aliphatic rings. The van der Waals surface area contributed by atoms with Crippen molar-refractivity contribution in [1.82, 2.24) is 0 Å². The summed E-state index contributed by atoms with van der Waals surface area (Å²) in [4.78, 5) is 23.6. The highest BCUT2D eigenvalue weighted by molar-refractivity contribution is 5.97. The first-order valence-electron chi connectivity index (χ1n) is 7.55. The predicted octanol–water partition coefficient (Wildman–Crippen LogP) is 3.86. The van der Waals surface area contributed by atoms with Crippen LogP contribution >= 0.6 is 0 Å². The van der Waals surface area contributed by atoms with E-state index in [0.717, 1.165) is 12.1 Å². The fourth-order valence-electron chi connectivity index (χ4n) is 3.48. The van der Waals surface area contributed by atoms with Gasteiger partial charge in [-0.15, -0.1) is 6.58 Å². The fraction of sp³-hybridized carbons (Fsp3) is 0.333. The Labute approximate surface area is 136 Å². The van der Waals surface area contributed by atoms with Crippen LogP contribution < -0.4 is 0 Å². The van der Waals surface area contributed by atoms with E-state index in [9.17, 15) is 22.8 Å². The minimum atomic E-state index is -4.37. The van der Waals surface area contributed by atoms with E-state index < -0.39 is 35.5 Å². The predicted molar refractivity (Wildman–Crippen MR) is 80.4 cm³/mol. The van der Waals surface area contributed by atoms with Crippen LogP contribution in [0.5, 0.6) is 0 Å². The van der Waals surface area contributed by atoms with Gasteiger partial charge in [0.1, 0.15) is 0 Å². The average molecular weight is 336 g/mol. The van der Waals surface area contributed by atoms with Crippen molar-refractivity contribution < 1.29 is 27.5 Å². The van der Waals surface area contributed by atoms with Gasteiger partial charge in [0.05, 0.1) is 17.4 Å². The Kier molecular flexibility index (Phi) is 4.07. The largest absolute Gasteiger partial charge is 0.416 e. The minimum Gasteiger partial charge on any atom is -0.393 e. The van der Waals surface area contributed by atoms with Crippen LogP contribution in [0.2, 0.25) is 0 Å². The van der Waals surface area contributed by atoms with Gasteiger partial charge in [0.15, 0.2) is 0 Å². The first kappa shape index (κ1) is 16.5. The Bertz CT molecular complexity index is 703. The van der Waals surface area contributed by atoms with Gasteiger partial charge in [0.25, 0.3) is 0 Å². The molecule has 2 fully saturated rings. The van der Waals surface area contributed by atoms with Gasteiger partial charge in [-0.2, -0.15) is 13.2 Å². The van der Waals surface area contributed by atoms with Crippen molar-refractivity contribution in [3.63, 3.8) is 0 Å². The maximum absolute atomic E-state index is 12.5. The number of ether oxygens (including phenoxy) is 1. The van der Waals surface area contributed by atoms with Gasteiger partial charge in [-0.05, 0) is 36.0 Å². The molecule has 1 aromatic rings. The zero-order valence-corrected chi connectivity index (χ0v) is 12.6. The second-order valence-electron chi connectivity index (χ2n) is 6.07. The van der Waals surface area contributed by atoms with E-state index in [1.807, 2.05) is 0 Å². The number of allylic oxidation sites excluding steroid dienone is 2. The Morgan fingerprint density at radius 2 is 1.62 bits per heavy atom. The molecule has 4 atom stereocenters. The molecule has 6 heteroatoms. The second-order valence-corrected chi connectivity index (χ2v) is 6.07. The summed E-state index contributed by atoms with van der Waals surface area (Å²) in [5.74, 6) is -2.41. The van der Waals surface area contributed by atoms with Crippen LogP contribution in [-0.4, -0.2) is 11.9 Å². The smallest absolute Gasteiger partial charge is 0.393 e. The summed E-state index contributed by atoms with van der Waals surface area (Å²) in [5.41, 5.74) is -0.114. The summed E-state index contributed by atoms with van der Waals surface area (Å²) in [6.45, 7) is 3.70. The molecule has 0 amide bonds. The lowest BCUT2D eigenvalue weighted by Crippen LogP contribution is -2.19. The van der Waals surface area contributed by atoms with Crippen LogP contribution in [0.4, 0.5) is 13.2 Å². The number of rotatable bonds is 3. The first-order chi connectivity index (χ1) is 11.3. The summed E-state index contributed by atoms with van der Waals surface area (Å²) in [7, 11) is 0. The first-order valence-corrected chi connectivity index (χ1v) is 7.55. The van der Waals surface area contributed by atoms with E-state index in [2.05, 4.69) is 6.58 Å². The number of hydrogen-bond donors (Lipinski definition) is 0. The van der Waals surface area contributed by atoms with Gasteiger partial charge in [-0.3, -0.25) is 9.59 Å². The van der Waals surface area contributed by atoms with Crippen LogP contribution in [0.3, 0.4) is 0 Å². The number of cyclic esters (lactones) is 2. The molecule has 1 aliphatic carbocycles. The number of esters is 2. The van der Waals surface area contributed by atoms with Crippen molar-refractivity contribution in [3.05, 3.63) is 54.1 Å². The molecule has 24 heavy (non-hydrogen) atoms. The number of carbonyl (C=O) groups excluding carboxylic acids is 2. The van der Waals surface area contributed by atoms with Gasteiger partial charge >= 0.3 is 18.1 Å². The van der Waals surface area contributed by atoms with Crippen LogP contribution in [0.15, 0.2) is 43.0 Å². The number of benzene rings is 1. The van der Waals surface area contributed by atoms with Crippen LogP contribution in [-0.2, 0) is 20.5 Å². The monoisotopic (exact) mass is 336 g/mol. The summed E-state index contributed by atoms with van der Waals surface area (Å²) >= 11 is 0. The Balaban J connectivity index is 1.78. The summed E-state index contributed by atoms with van der Waals surface area (Å²) in [6, 6.07) is 4.76. The standard InChI is InChI=1S/C18H15F3O3/c1-2-11-9-12(15-14(11)16(22)24-17(15)23)6-3-10-4-7-13(8-5-10)18(19,20)21/h2-8,11-12,14-15H,1,9H2. The molecule has 126 valence electrons. The van der Waals surface area contributed by atoms with E-state index in [-0.39, 0.29) is 11.8 Å². The van der Waals surface area contributed by atoms with E-state index in [1.165, 1.54) is 12.1 Å². The molecule has 0 spiro atoms. The maximum atomic E-state index is 12.5. The molecule has 3 nitrogen and oxygen atoms in total. The molecule has 1 aliphatic heterocycles. The average Bonchev–Trinajstić information content (AvgIpc) is 3.04. The molecule has 0 N–H and O–H groups in total. The van der Waals surface area contributed by atoms with Crippen molar-refractivity contribution in [2.24, 2.45) is 23.7 Å². The highest BCUT2D eigenvalue weighted by Gasteiger charge is 2.55. The van der Waals surface area contributed by atoms with Gasteiger partial charge in [-0.1, -0.05) is 30.4 Å². The van der Waals surface area contributed by atoms with Crippen molar-refractivity contribution >= 4 is 18.0 Å². The minimum absolute atomic E-state index is 0.129. The molecule has 0 radical (unpaired) electrons. The van der Waals surface area contributed by atoms with Crippen molar-refractivity contribution in [2.45, 2.75) is 12.6 Å². The van der Waals surface area contributed by atoms with Gasteiger partial charge < -0.3 is 4.74 Å². The Morgan fingerprint density at radius 1 is 1.04 bits per heavy atom. The van der Waals surface area contributed by atoms with Crippen LogP contribution in [0.25, 0.3) is 6.08 Å². The lowest BCUT2D eigenvalue weighted by molar-refractivity contribution is -0.154. The highest BCUT2D eigenvalue weighted by atomic mass is 19.4. The lowest BCUT2D eigenvalue weighted by Gasteiger charge is -2.09. The number of halogens is 3. The SMILES string of the molecule is C=CC1CC(C=Cc2ccc(C(F)(F)F)cc2)C2C(=O)OC(=O)C12. The van der Waals surface area contributed by atoms with Gasteiger partial charge in [0, 0.05) is 0 Å². The molecular formula is C18H15F3O3. The quantitative estimate of drug-likeness (QED) is 0.478. The highest BCUT2D eigenvalue weighted by Crippen LogP contribution is 2.47. The van der Waals surface area contributed by atoms with E-state index in [0.29, 0.717) is 12.0 Å². The fourth-order valence-corrected chi connectivity index (χ4v) is 3.48. The van der Waals surface area contributed by atoms with Crippen molar-refractivity contribution in [3.8, 4) is 0 Å². The molecule has 0 aromatic heterocycles. The van der Waals surface area contributed by atoms with Crippen molar-refractivity contribution in [1.29, 1.82) is 0 Å². The lowest BCUT2D eigenvalue weighted by atomic mass is 9.89. The third-order valence-corrected chi connectivity index (χ3v) is 4.68. The van der Waals surface area contributed by atoms with Crippen molar-refractivity contribution in [2.75, 3.05) is 0 Å². The topological polar surface area (TPSA) is 43.4 Å². The van der Waals surface area contributed by atoms with Crippen LogP contribution in [0, 0.1) is 23.7 Å². The summed E-state index contributed by atoms with van der Waals surface area (Å²) in [6.07, 6.45) is 1.32. The number of hydrogen-bond acceptors (Lipinski definition) is 3. The third kappa shape index (κ3) is 2.88. The molecular weight excluding hydrogens is 321 g/mol. The molecule has 1 saturated carbocycles. The molecule has 1 saturated heterocycles. The molecule has 1 aromatic carbocycles. The van der Waals surface area contributed by atoms with Gasteiger partial charge in [0.2, 0.25) is 0 Å². The normalized spacial score (nSPS) is 29.8. The maximum Gasteiger partial charge on any atom is 0.416 e. The molecule has 1 heterocycles. The number of carbonyl (C=O) groups is 2. The van der Waals surface area contributed by atoms with Gasteiger partial charge in [-0.25, -0.2) is 0 Å². The third-order valence-electron chi connectivity index (χ3n) is 4.68. The van der Waals surface area contributed by atoms with E-state index >= 15 is 0 Å². The molecule has 4 unspecified atom stereocenters. The summed E-state index contributed by atoms with van der Waals surface area (Å²) < 4.78 is 42.4. The van der Waals surface area contributed by atoms with E-state index in [1.54, 1.807) is 18.2 Å². The number of alkyl halides is 3. The zero-order chi connectivity index (χ0) is 17.5. The van der Waals surface area contributed by atoms with E-state index in [4.69, 9.17) is 4.74 Å². The number of fused-ring (bicyclic) bond motifs is 1. The van der Waals surface area contributed by atoms with Crippen LogP contribution in [0.1, 0.15) is 17.5 Å². The second kappa shape index (κ2) is 5.92. The summed E-state index contributed by atoms with van der Waals surface area (Å²) in [5, 5.41) is 0. The molecule has 0 bridgehead atoms.